The second-order valence-corrected chi connectivity index (χ2v) is 3.11. The minimum Gasteiger partial charge on any atom is -0.462 e. The van der Waals surface area contributed by atoms with Crippen LogP contribution >= 0.6 is 0 Å². The van der Waals surface area contributed by atoms with Crippen LogP contribution in [-0.2, 0) is 9.53 Å². The third-order valence-corrected chi connectivity index (χ3v) is 2.42. The molecule has 50 valence electrons. The van der Waals surface area contributed by atoms with Gasteiger partial charge in [-0.2, -0.15) is 0 Å². The predicted octanol–water partition coefficient (Wildman–Crippen LogP) is 0.958. The summed E-state index contributed by atoms with van der Waals surface area (Å²) in [5, 5.41) is 0. The van der Waals surface area contributed by atoms with E-state index in [0.717, 1.165) is 12.8 Å². The average Bonchev–Trinajstić information content (AvgIpc) is 2.22. The van der Waals surface area contributed by atoms with Crippen LogP contribution in [-0.4, -0.2) is 12.1 Å². The van der Waals surface area contributed by atoms with Gasteiger partial charge in [-0.15, -0.1) is 0 Å². The first kappa shape index (κ1) is 5.27. The third-order valence-electron chi connectivity index (χ3n) is 2.42. The Hall–Kier alpha value is -0.530. The van der Waals surface area contributed by atoms with Gasteiger partial charge in [0.2, 0.25) is 0 Å². The van der Waals surface area contributed by atoms with Gasteiger partial charge in [-0.1, -0.05) is 6.92 Å². The number of rotatable bonds is 0. The number of hydrogen-bond donors (Lipinski definition) is 0. The molecule has 0 aromatic heterocycles. The Bertz CT molecular complexity index is 153. The fraction of sp³-hybridized carbons (Fsp3) is 0.857. The summed E-state index contributed by atoms with van der Waals surface area (Å²) in [5.41, 5.74) is 0. The highest BCUT2D eigenvalue weighted by Gasteiger charge is 2.45. The summed E-state index contributed by atoms with van der Waals surface area (Å²) in [7, 11) is 0. The summed E-state index contributed by atoms with van der Waals surface area (Å²) in [6.45, 7) is 2.13. The van der Waals surface area contributed by atoms with Gasteiger partial charge >= 0.3 is 5.97 Å². The molecule has 1 saturated carbocycles. The number of fused-ring (bicyclic) bond motifs is 2. The van der Waals surface area contributed by atoms with Crippen molar-refractivity contribution in [2.24, 2.45) is 11.8 Å². The number of hydrogen-bond acceptors (Lipinski definition) is 2. The van der Waals surface area contributed by atoms with Gasteiger partial charge in [-0.25, -0.2) is 0 Å². The van der Waals surface area contributed by atoms with E-state index in [1.54, 1.807) is 0 Å². The van der Waals surface area contributed by atoms with Crippen LogP contribution in [0.4, 0.5) is 0 Å². The summed E-state index contributed by atoms with van der Waals surface area (Å²) in [5.74, 6) is 0.866. The van der Waals surface area contributed by atoms with Crippen molar-refractivity contribution in [3.05, 3.63) is 0 Å². The Morgan fingerprint density at radius 1 is 1.56 bits per heavy atom. The van der Waals surface area contributed by atoms with Gasteiger partial charge in [-0.3, -0.25) is 4.79 Å². The van der Waals surface area contributed by atoms with Gasteiger partial charge in [0, 0.05) is 0 Å². The molecule has 9 heavy (non-hydrogen) atoms. The molecule has 2 bridgehead atoms. The summed E-state index contributed by atoms with van der Waals surface area (Å²) in [4.78, 5) is 10.8. The highest BCUT2D eigenvalue weighted by Crippen LogP contribution is 2.40. The molecule has 3 unspecified atom stereocenters. The topological polar surface area (TPSA) is 26.3 Å². The first-order valence-corrected chi connectivity index (χ1v) is 3.48. The molecule has 2 fully saturated rings. The van der Waals surface area contributed by atoms with Crippen molar-refractivity contribution in [3.63, 3.8) is 0 Å². The summed E-state index contributed by atoms with van der Waals surface area (Å²) in [6.07, 6.45) is 2.36. The Morgan fingerprint density at radius 3 is 2.67 bits per heavy atom. The third kappa shape index (κ3) is 0.590. The minimum absolute atomic E-state index is 0.0405. The molecule has 2 aliphatic rings. The lowest BCUT2D eigenvalue weighted by molar-refractivity contribution is -0.149. The zero-order valence-corrected chi connectivity index (χ0v) is 5.46. The van der Waals surface area contributed by atoms with Crippen molar-refractivity contribution < 1.29 is 9.53 Å². The standard InChI is InChI=1S/C7H10O2/c1-4-2-5-3-6(4)7(8)9-5/h4-6H,2-3H2,1H3. The summed E-state index contributed by atoms with van der Waals surface area (Å²) >= 11 is 0. The van der Waals surface area contributed by atoms with Crippen LogP contribution < -0.4 is 0 Å². The van der Waals surface area contributed by atoms with E-state index in [9.17, 15) is 4.79 Å². The van der Waals surface area contributed by atoms with Gasteiger partial charge in [-0.05, 0) is 18.8 Å². The molecule has 0 aromatic carbocycles. The predicted molar refractivity (Wildman–Crippen MR) is 31.8 cm³/mol. The van der Waals surface area contributed by atoms with E-state index in [0.29, 0.717) is 5.92 Å². The van der Waals surface area contributed by atoms with Crippen molar-refractivity contribution in [2.45, 2.75) is 25.9 Å². The molecule has 2 rings (SSSR count). The quantitative estimate of drug-likeness (QED) is 0.452. The number of esters is 1. The monoisotopic (exact) mass is 126 g/mol. The van der Waals surface area contributed by atoms with Crippen molar-refractivity contribution >= 4 is 5.97 Å². The fourth-order valence-electron chi connectivity index (χ4n) is 1.87. The van der Waals surface area contributed by atoms with Crippen LogP contribution in [0.3, 0.4) is 0 Å². The highest BCUT2D eigenvalue weighted by molar-refractivity contribution is 5.76. The lowest BCUT2D eigenvalue weighted by Crippen LogP contribution is -2.20. The molecule has 1 aliphatic carbocycles. The molecule has 1 aliphatic heterocycles. The lowest BCUT2D eigenvalue weighted by atomic mass is 9.99. The molecular weight excluding hydrogens is 116 g/mol. The zero-order chi connectivity index (χ0) is 6.43. The van der Waals surface area contributed by atoms with E-state index in [1.807, 2.05) is 0 Å². The minimum atomic E-state index is 0.0405. The first-order valence-electron chi connectivity index (χ1n) is 3.48. The van der Waals surface area contributed by atoms with Crippen molar-refractivity contribution in [3.8, 4) is 0 Å². The van der Waals surface area contributed by atoms with Gasteiger partial charge in [0.25, 0.3) is 0 Å². The lowest BCUT2D eigenvalue weighted by Gasteiger charge is -2.15. The van der Waals surface area contributed by atoms with E-state index in [2.05, 4.69) is 6.92 Å². The van der Waals surface area contributed by atoms with Crippen molar-refractivity contribution in [1.29, 1.82) is 0 Å². The molecule has 1 heterocycles. The van der Waals surface area contributed by atoms with Crippen LogP contribution in [0.25, 0.3) is 0 Å². The van der Waals surface area contributed by atoms with E-state index >= 15 is 0 Å². The van der Waals surface area contributed by atoms with E-state index < -0.39 is 0 Å². The average molecular weight is 126 g/mol. The van der Waals surface area contributed by atoms with Crippen LogP contribution in [0.5, 0.6) is 0 Å². The van der Waals surface area contributed by atoms with Crippen LogP contribution in [0, 0.1) is 11.8 Å². The normalized spacial score (nSPS) is 47.7. The molecule has 1 saturated heterocycles. The molecule has 0 amide bonds. The Labute approximate surface area is 54.2 Å². The van der Waals surface area contributed by atoms with Gasteiger partial charge in [0.1, 0.15) is 6.10 Å². The molecule has 0 radical (unpaired) electrons. The first-order chi connectivity index (χ1) is 4.27. The fourth-order valence-corrected chi connectivity index (χ4v) is 1.87. The highest BCUT2D eigenvalue weighted by atomic mass is 16.6. The summed E-state index contributed by atoms with van der Waals surface area (Å²) < 4.78 is 4.99. The van der Waals surface area contributed by atoms with E-state index in [4.69, 9.17) is 4.74 Å². The number of carbonyl (C=O) groups is 1. The maximum absolute atomic E-state index is 10.8. The molecule has 3 atom stereocenters. The van der Waals surface area contributed by atoms with Crippen LogP contribution in [0.15, 0.2) is 0 Å². The Kier molecular flexibility index (Phi) is 0.875. The SMILES string of the molecule is CC1CC2CC1C(=O)O2. The Balaban J connectivity index is 2.21. The maximum atomic E-state index is 10.8. The second kappa shape index (κ2) is 1.49. The number of ether oxygens (including phenoxy) is 1. The summed E-state index contributed by atoms with van der Waals surface area (Å²) in [6, 6.07) is 0. The molecule has 0 N–H and O–H groups in total. The maximum Gasteiger partial charge on any atom is 0.309 e. The zero-order valence-electron chi connectivity index (χ0n) is 5.46. The van der Waals surface area contributed by atoms with E-state index in [1.165, 1.54) is 0 Å². The molecule has 0 aromatic rings. The number of carbonyl (C=O) groups excluding carboxylic acids is 1. The molecule has 0 spiro atoms. The Morgan fingerprint density at radius 2 is 2.33 bits per heavy atom. The molecular formula is C7H10O2. The smallest absolute Gasteiger partial charge is 0.309 e. The second-order valence-electron chi connectivity index (χ2n) is 3.11. The van der Waals surface area contributed by atoms with Gasteiger partial charge in [0.15, 0.2) is 0 Å². The van der Waals surface area contributed by atoms with Gasteiger partial charge in [0.05, 0.1) is 5.92 Å². The van der Waals surface area contributed by atoms with Crippen LogP contribution in [0.2, 0.25) is 0 Å². The van der Waals surface area contributed by atoms with Crippen molar-refractivity contribution in [2.75, 3.05) is 0 Å². The van der Waals surface area contributed by atoms with E-state index in [-0.39, 0.29) is 18.0 Å². The molecule has 2 nitrogen and oxygen atoms in total. The van der Waals surface area contributed by atoms with Crippen LogP contribution in [0.1, 0.15) is 19.8 Å². The van der Waals surface area contributed by atoms with Gasteiger partial charge < -0.3 is 4.74 Å². The van der Waals surface area contributed by atoms with Crippen molar-refractivity contribution in [1.82, 2.24) is 0 Å². The molecule has 2 heteroatoms. The largest absolute Gasteiger partial charge is 0.462 e.